The van der Waals surface area contributed by atoms with Gasteiger partial charge in [-0.15, -0.1) is 0 Å². The van der Waals surface area contributed by atoms with Crippen LogP contribution in [0.4, 0.5) is 0 Å². The molecule has 2 aromatic heterocycles. The molecule has 1 aliphatic carbocycles. The Morgan fingerprint density at radius 3 is 2.77 bits per heavy atom. The predicted octanol–water partition coefficient (Wildman–Crippen LogP) is 3.69. The summed E-state index contributed by atoms with van der Waals surface area (Å²) in [6, 6.07) is 7.93. The molecule has 0 radical (unpaired) electrons. The van der Waals surface area contributed by atoms with E-state index in [2.05, 4.69) is 31.1 Å². The van der Waals surface area contributed by atoms with Crippen molar-refractivity contribution in [2.24, 2.45) is 5.73 Å². The van der Waals surface area contributed by atoms with Crippen LogP contribution in [0.2, 0.25) is 0 Å². The fourth-order valence-corrected chi connectivity index (χ4v) is 3.18. The van der Waals surface area contributed by atoms with E-state index in [9.17, 15) is 0 Å². The van der Waals surface area contributed by atoms with Gasteiger partial charge in [0.1, 0.15) is 0 Å². The molecule has 1 fully saturated rings. The zero-order valence-corrected chi connectivity index (χ0v) is 13.7. The van der Waals surface area contributed by atoms with E-state index in [1.54, 1.807) is 0 Å². The number of hydrogen-bond donors (Lipinski definition) is 1. The molecular formula is C16H15BrN4O. The zero-order chi connectivity index (χ0) is 15.3. The number of fused-ring (bicyclic) bond motifs is 1. The Kier molecular flexibility index (Phi) is 3.06. The summed E-state index contributed by atoms with van der Waals surface area (Å²) in [5, 5.41) is 5.08. The number of rotatable bonds is 2. The van der Waals surface area contributed by atoms with Gasteiger partial charge in [-0.2, -0.15) is 4.98 Å². The summed E-state index contributed by atoms with van der Waals surface area (Å²) in [6.07, 6.45) is 2.94. The minimum atomic E-state index is -0.416. The molecule has 0 bridgehead atoms. The average Bonchev–Trinajstić information content (AvgIpc) is 2.94. The second-order valence-electron chi connectivity index (χ2n) is 5.91. The standard InChI is InChI=1S/C16H15BrN4O/c1-9-7-12(11-8-10(17)3-4-13(11)19-9)14-20-15(21-22-14)16(18)5-2-6-16/h3-4,7-8H,2,5-6,18H2,1H3. The first-order valence-electron chi connectivity index (χ1n) is 7.25. The molecule has 2 heterocycles. The molecule has 1 aromatic carbocycles. The average molecular weight is 359 g/mol. The van der Waals surface area contributed by atoms with E-state index < -0.39 is 5.54 Å². The molecule has 112 valence electrons. The van der Waals surface area contributed by atoms with Gasteiger partial charge in [0.15, 0.2) is 5.82 Å². The van der Waals surface area contributed by atoms with Gasteiger partial charge in [-0.3, -0.25) is 4.98 Å². The summed E-state index contributed by atoms with van der Waals surface area (Å²) in [5.74, 6) is 1.10. The van der Waals surface area contributed by atoms with Crippen molar-refractivity contribution in [3.8, 4) is 11.5 Å². The number of benzene rings is 1. The van der Waals surface area contributed by atoms with E-state index in [4.69, 9.17) is 10.3 Å². The number of pyridine rings is 1. The molecule has 3 aromatic rings. The lowest BCUT2D eigenvalue weighted by Gasteiger charge is -2.34. The topological polar surface area (TPSA) is 77.8 Å². The third-order valence-electron chi connectivity index (χ3n) is 4.25. The fraction of sp³-hybridized carbons (Fsp3) is 0.312. The Bertz CT molecular complexity index is 870. The quantitative estimate of drug-likeness (QED) is 0.755. The highest BCUT2D eigenvalue weighted by Crippen LogP contribution is 2.38. The minimum absolute atomic E-state index is 0.416. The Hall–Kier alpha value is -1.79. The zero-order valence-electron chi connectivity index (χ0n) is 12.1. The largest absolute Gasteiger partial charge is 0.334 e. The van der Waals surface area contributed by atoms with Crippen LogP contribution in [0.5, 0.6) is 0 Å². The van der Waals surface area contributed by atoms with Crippen molar-refractivity contribution >= 4 is 26.8 Å². The second kappa shape index (κ2) is 4.86. The highest BCUT2D eigenvalue weighted by molar-refractivity contribution is 9.10. The van der Waals surface area contributed by atoms with Crippen LogP contribution in [-0.2, 0) is 5.54 Å². The number of aromatic nitrogens is 3. The van der Waals surface area contributed by atoms with Crippen molar-refractivity contribution in [1.29, 1.82) is 0 Å². The van der Waals surface area contributed by atoms with Crippen LogP contribution in [0.3, 0.4) is 0 Å². The van der Waals surface area contributed by atoms with Crippen LogP contribution >= 0.6 is 15.9 Å². The van der Waals surface area contributed by atoms with Crippen LogP contribution in [0, 0.1) is 6.92 Å². The number of hydrogen-bond acceptors (Lipinski definition) is 5. The van der Waals surface area contributed by atoms with Gasteiger partial charge in [-0.1, -0.05) is 21.1 Å². The first kappa shape index (κ1) is 13.8. The van der Waals surface area contributed by atoms with Gasteiger partial charge in [-0.25, -0.2) is 0 Å². The summed E-state index contributed by atoms with van der Waals surface area (Å²) >= 11 is 3.50. The Morgan fingerprint density at radius 1 is 1.23 bits per heavy atom. The van der Waals surface area contributed by atoms with Gasteiger partial charge in [0.25, 0.3) is 5.89 Å². The molecule has 0 unspecified atom stereocenters. The SMILES string of the molecule is Cc1cc(-c2nc(C3(N)CCC3)no2)c2cc(Br)ccc2n1. The molecule has 0 atom stereocenters. The number of aryl methyl sites for hydroxylation is 1. The van der Waals surface area contributed by atoms with E-state index in [0.717, 1.165) is 45.9 Å². The van der Waals surface area contributed by atoms with Crippen molar-refractivity contribution in [2.75, 3.05) is 0 Å². The van der Waals surface area contributed by atoms with Crippen molar-refractivity contribution in [2.45, 2.75) is 31.7 Å². The Labute approximate surface area is 136 Å². The molecule has 0 amide bonds. The molecule has 6 heteroatoms. The van der Waals surface area contributed by atoms with Gasteiger partial charge in [-0.05, 0) is 50.5 Å². The maximum absolute atomic E-state index is 6.28. The van der Waals surface area contributed by atoms with Gasteiger partial charge < -0.3 is 10.3 Å². The van der Waals surface area contributed by atoms with Crippen LogP contribution in [0.25, 0.3) is 22.4 Å². The Balaban J connectivity index is 1.88. The Morgan fingerprint density at radius 2 is 2.05 bits per heavy atom. The lowest BCUT2D eigenvalue weighted by Crippen LogP contribution is -2.44. The van der Waals surface area contributed by atoms with Crippen LogP contribution < -0.4 is 5.73 Å². The van der Waals surface area contributed by atoms with E-state index in [-0.39, 0.29) is 0 Å². The van der Waals surface area contributed by atoms with Gasteiger partial charge in [0.2, 0.25) is 0 Å². The first-order valence-corrected chi connectivity index (χ1v) is 8.05. The van der Waals surface area contributed by atoms with Gasteiger partial charge in [0, 0.05) is 15.6 Å². The lowest BCUT2D eigenvalue weighted by atomic mass is 9.77. The monoisotopic (exact) mass is 358 g/mol. The number of nitrogens with zero attached hydrogens (tertiary/aromatic N) is 3. The summed E-state index contributed by atoms with van der Waals surface area (Å²) < 4.78 is 6.48. The minimum Gasteiger partial charge on any atom is -0.334 e. The van der Waals surface area contributed by atoms with Crippen molar-refractivity contribution in [3.63, 3.8) is 0 Å². The highest BCUT2D eigenvalue weighted by Gasteiger charge is 2.39. The molecule has 22 heavy (non-hydrogen) atoms. The molecule has 4 rings (SSSR count). The molecule has 1 saturated carbocycles. The van der Waals surface area contributed by atoms with Crippen LogP contribution in [0.15, 0.2) is 33.3 Å². The van der Waals surface area contributed by atoms with E-state index >= 15 is 0 Å². The van der Waals surface area contributed by atoms with E-state index in [0.29, 0.717) is 11.7 Å². The molecular weight excluding hydrogens is 344 g/mol. The summed E-state index contributed by atoms with van der Waals surface area (Å²) in [5.41, 5.74) is 8.57. The molecule has 0 aliphatic heterocycles. The smallest absolute Gasteiger partial charge is 0.258 e. The third kappa shape index (κ3) is 2.14. The maximum Gasteiger partial charge on any atom is 0.258 e. The highest BCUT2D eigenvalue weighted by atomic mass is 79.9. The summed E-state index contributed by atoms with van der Waals surface area (Å²) in [4.78, 5) is 9.10. The van der Waals surface area contributed by atoms with Crippen LogP contribution in [-0.4, -0.2) is 15.1 Å². The second-order valence-corrected chi connectivity index (χ2v) is 6.82. The van der Waals surface area contributed by atoms with Crippen molar-refractivity contribution in [3.05, 3.63) is 40.3 Å². The molecule has 0 saturated heterocycles. The molecule has 1 aliphatic rings. The molecule has 0 spiro atoms. The summed E-state index contributed by atoms with van der Waals surface area (Å²) in [6.45, 7) is 1.96. The maximum atomic E-state index is 6.28. The molecule has 2 N–H and O–H groups in total. The third-order valence-corrected chi connectivity index (χ3v) is 4.74. The normalized spacial score (nSPS) is 16.7. The fourth-order valence-electron chi connectivity index (χ4n) is 2.82. The van der Waals surface area contributed by atoms with E-state index in [1.165, 1.54) is 0 Å². The summed E-state index contributed by atoms with van der Waals surface area (Å²) in [7, 11) is 0. The number of halogens is 1. The molecule has 5 nitrogen and oxygen atoms in total. The van der Waals surface area contributed by atoms with Gasteiger partial charge >= 0.3 is 0 Å². The predicted molar refractivity (Wildman–Crippen MR) is 87.2 cm³/mol. The van der Waals surface area contributed by atoms with Gasteiger partial charge in [0.05, 0.1) is 16.6 Å². The van der Waals surface area contributed by atoms with E-state index in [1.807, 2.05) is 31.2 Å². The van der Waals surface area contributed by atoms with Crippen molar-refractivity contribution in [1.82, 2.24) is 15.1 Å². The lowest BCUT2D eigenvalue weighted by molar-refractivity contribution is 0.229. The van der Waals surface area contributed by atoms with Crippen LogP contribution in [0.1, 0.15) is 30.8 Å². The van der Waals surface area contributed by atoms with Crippen molar-refractivity contribution < 1.29 is 4.52 Å². The number of nitrogens with two attached hydrogens (primary N) is 1. The first-order chi connectivity index (χ1) is 10.5.